The van der Waals surface area contributed by atoms with Crippen LogP contribution in [0.2, 0.25) is 0 Å². The van der Waals surface area contributed by atoms with Crippen LogP contribution in [0.3, 0.4) is 0 Å². The maximum absolute atomic E-state index is 14.9. The van der Waals surface area contributed by atoms with E-state index in [9.17, 15) is 28.6 Å². The molecular formula is C58H60F2N10O4. The number of hydrogen-bond acceptors (Lipinski definition) is 10. The highest BCUT2D eigenvalue weighted by Crippen LogP contribution is 2.43. The number of carbonyl (C=O) groups excluding carboxylic acids is 2. The van der Waals surface area contributed by atoms with Gasteiger partial charge < -0.3 is 32.3 Å². The molecule has 10 rings (SSSR count). The number of rotatable bonds is 18. The molecule has 0 aliphatic heterocycles. The minimum absolute atomic E-state index is 0.0237. The lowest BCUT2D eigenvalue weighted by Gasteiger charge is -2.29. The Bertz CT molecular complexity index is 3050. The van der Waals surface area contributed by atoms with Crippen molar-refractivity contribution in [1.82, 2.24) is 29.5 Å². The van der Waals surface area contributed by atoms with E-state index in [0.717, 1.165) is 49.7 Å². The smallest absolute Gasteiger partial charge is 0.274 e. The van der Waals surface area contributed by atoms with Crippen molar-refractivity contribution in [3.05, 3.63) is 214 Å². The van der Waals surface area contributed by atoms with Gasteiger partial charge in [0.15, 0.2) is 0 Å². The van der Waals surface area contributed by atoms with Crippen LogP contribution in [0.4, 0.5) is 20.2 Å². The number of hydrogen-bond donors (Lipinski definition) is 6. The van der Waals surface area contributed by atoms with Crippen LogP contribution in [-0.4, -0.2) is 51.6 Å². The van der Waals surface area contributed by atoms with Gasteiger partial charge in [-0.3, -0.25) is 19.6 Å². The van der Waals surface area contributed by atoms with Gasteiger partial charge >= 0.3 is 0 Å². The maximum Gasteiger partial charge on any atom is 0.274 e. The molecule has 4 aromatic carbocycles. The molecule has 4 heterocycles. The van der Waals surface area contributed by atoms with E-state index >= 15 is 0 Å². The predicted octanol–water partition coefficient (Wildman–Crippen LogP) is 9.70. The maximum atomic E-state index is 14.9. The molecule has 16 heteroatoms. The number of aromatic nitrogens is 6. The van der Waals surface area contributed by atoms with Gasteiger partial charge in [-0.1, -0.05) is 74.2 Å². The molecule has 0 bridgehead atoms. The molecule has 2 amide bonds. The van der Waals surface area contributed by atoms with E-state index in [2.05, 4.69) is 30.8 Å². The van der Waals surface area contributed by atoms with Gasteiger partial charge in [0.25, 0.3) is 11.8 Å². The zero-order chi connectivity index (χ0) is 52.0. The van der Waals surface area contributed by atoms with Gasteiger partial charge in [-0.2, -0.15) is 10.2 Å². The van der Waals surface area contributed by atoms with Crippen molar-refractivity contribution < 1.29 is 28.6 Å². The standard InChI is InChI=1S/2C29H30FN5O2/c2*1-19-15-26(35(34-19)23-6-4-5-21(16-23)18-31)28(36)33-25-17-22(10-11-24(25)30)29(37,13-12-20-8-9-20)27-7-2-3-14-32-27/h2*2-7,10-11,14-17,20,37H,8-9,12-13,18,31H2,1H3,(H,33,36). The van der Waals surface area contributed by atoms with Crippen LogP contribution in [0.5, 0.6) is 0 Å². The lowest BCUT2D eigenvalue weighted by atomic mass is 9.84. The van der Waals surface area contributed by atoms with E-state index in [0.29, 0.717) is 83.0 Å². The molecular weight excluding hydrogens is 939 g/mol. The Morgan fingerprint density at radius 3 is 1.36 bits per heavy atom. The van der Waals surface area contributed by atoms with Crippen molar-refractivity contribution in [2.24, 2.45) is 23.3 Å². The van der Waals surface area contributed by atoms with Crippen LogP contribution in [0.25, 0.3) is 11.4 Å². The third kappa shape index (κ3) is 11.7. The summed E-state index contributed by atoms with van der Waals surface area (Å²) in [6, 6.07) is 37.5. The summed E-state index contributed by atoms with van der Waals surface area (Å²) in [6.07, 6.45) is 10.5. The number of anilines is 2. The van der Waals surface area contributed by atoms with Crippen molar-refractivity contribution in [2.45, 2.75) is 89.5 Å². The quantitative estimate of drug-likeness (QED) is 0.0479. The Morgan fingerprint density at radius 2 is 1.00 bits per heavy atom. The van der Waals surface area contributed by atoms with Gasteiger partial charge in [0.2, 0.25) is 0 Å². The molecule has 380 valence electrons. The second kappa shape index (κ2) is 22.2. The number of aryl methyl sites for hydroxylation is 2. The zero-order valence-corrected chi connectivity index (χ0v) is 41.4. The summed E-state index contributed by atoms with van der Waals surface area (Å²) < 4.78 is 32.9. The van der Waals surface area contributed by atoms with Gasteiger partial charge in [-0.15, -0.1) is 0 Å². The summed E-state index contributed by atoms with van der Waals surface area (Å²) in [4.78, 5) is 35.5. The summed E-state index contributed by atoms with van der Waals surface area (Å²) in [5.41, 5.74) is 15.6. The van der Waals surface area contributed by atoms with Gasteiger partial charge in [0.1, 0.15) is 34.2 Å². The molecule has 0 saturated heterocycles. The summed E-state index contributed by atoms with van der Waals surface area (Å²) in [5.74, 6) is -1.05. The number of aliphatic hydroxyl groups is 2. The largest absolute Gasteiger partial charge is 0.379 e. The molecule has 0 spiro atoms. The number of benzene rings is 4. The Balaban J connectivity index is 0.000000182. The first-order valence-corrected chi connectivity index (χ1v) is 25.0. The number of nitrogens with zero attached hydrogens (tertiary/aromatic N) is 6. The molecule has 2 aliphatic carbocycles. The predicted molar refractivity (Wildman–Crippen MR) is 279 cm³/mol. The van der Waals surface area contributed by atoms with Crippen LogP contribution < -0.4 is 22.1 Å². The third-order valence-corrected chi connectivity index (χ3v) is 13.7. The van der Waals surface area contributed by atoms with E-state index in [1.807, 2.05) is 60.7 Å². The fourth-order valence-corrected chi connectivity index (χ4v) is 9.17. The molecule has 2 atom stereocenters. The second-order valence-corrected chi connectivity index (χ2v) is 19.3. The lowest BCUT2D eigenvalue weighted by Crippen LogP contribution is -2.29. The van der Waals surface area contributed by atoms with Crippen LogP contribution in [0, 0.1) is 37.3 Å². The third-order valence-electron chi connectivity index (χ3n) is 13.7. The number of nitrogens with two attached hydrogens (primary N) is 2. The number of nitrogens with one attached hydrogen (secondary N) is 2. The van der Waals surface area contributed by atoms with Gasteiger partial charge in [-0.25, -0.2) is 18.1 Å². The summed E-state index contributed by atoms with van der Waals surface area (Å²) >= 11 is 0. The first kappa shape index (κ1) is 51.2. The Labute approximate surface area is 428 Å². The zero-order valence-electron chi connectivity index (χ0n) is 41.4. The number of amides is 2. The molecule has 2 fully saturated rings. The van der Waals surface area contributed by atoms with Crippen LogP contribution in [0.1, 0.15) is 117 Å². The SMILES string of the molecule is Cc1cc(C(=O)Nc2cc(C(O)(CCC3CC3)c3ccccn3)ccc2F)n(-c2cccc(CN)c2)n1.Cc1cc(C(=O)Nc2cc(C(O)(CCC3CC3)c3ccccn3)ccc2F)n(-c2cccc(CN)c2)n1. The molecule has 8 aromatic rings. The summed E-state index contributed by atoms with van der Waals surface area (Å²) in [6.45, 7) is 4.28. The monoisotopic (exact) mass is 998 g/mol. The van der Waals surface area contributed by atoms with E-state index in [4.69, 9.17) is 11.5 Å². The van der Waals surface area contributed by atoms with Crippen molar-refractivity contribution in [1.29, 1.82) is 0 Å². The Kier molecular flexibility index (Phi) is 15.3. The van der Waals surface area contributed by atoms with Gasteiger partial charge in [0.05, 0.1) is 45.5 Å². The van der Waals surface area contributed by atoms with Crippen molar-refractivity contribution in [2.75, 3.05) is 10.6 Å². The Morgan fingerprint density at radius 1 is 0.581 bits per heavy atom. The molecule has 14 nitrogen and oxygen atoms in total. The fraction of sp³-hybridized carbons (Fsp3) is 0.276. The van der Waals surface area contributed by atoms with Crippen LogP contribution >= 0.6 is 0 Å². The average molecular weight is 999 g/mol. The van der Waals surface area contributed by atoms with E-state index in [-0.39, 0.29) is 22.8 Å². The molecule has 74 heavy (non-hydrogen) atoms. The minimum Gasteiger partial charge on any atom is -0.379 e. The molecule has 4 aromatic heterocycles. The van der Waals surface area contributed by atoms with Gasteiger partial charge in [0, 0.05) is 25.5 Å². The van der Waals surface area contributed by atoms with E-state index in [1.165, 1.54) is 33.6 Å². The molecule has 2 aliphatic rings. The molecule has 2 saturated carbocycles. The normalized spacial score (nSPS) is 14.8. The van der Waals surface area contributed by atoms with E-state index < -0.39 is 34.7 Å². The first-order valence-electron chi connectivity index (χ1n) is 25.0. The summed E-state index contributed by atoms with van der Waals surface area (Å²) in [5, 5.41) is 37.9. The molecule has 8 N–H and O–H groups in total. The fourth-order valence-electron chi connectivity index (χ4n) is 9.17. The van der Waals surface area contributed by atoms with Crippen molar-refractivity contribution >= 4 is 23.2 Å². The first-order chi connectivity index (χ1) is 35.7. The number of pyridine rings is 2. The number of carbonyl (C=O) groups is 2. The van der Waals surface area contributed by atoms with Crippen molar-refractivity contribution in [3.8, 4) is 11.4 Å². The Hall–Kier alpha value is -7.76. The number of halogens is 2. The minimum atomic E-state index is -1.40. The van der Waals surface area contributed by atoms with Crippen LogP contribution in [0.15, 0.2) is 146 Å². The second-order valence-electron chi connectivity index (χ2n) is 19.3. The molecule has 0 radical (unpaired) electrons. The lowest BCUT2D eigenvalue weighted by molar-refractivity contribution is 0.0622. The van der Waals surface area contributed by atoms with Gasteiger partial charge in [-0.05, 0) is 159 Å². The van der Waals surface area contributed by atoms with E-state index in [1.54, 1.807) is 74.8 Å². The average Bonchev–Trinajstić information content (AvgIpc) is 4.37. The van der Waals surface area contributed by atoms with Crippen molar-refractivity contribution in [3.63, 3.8) is 0 Å². The highest BCUT2D eigenvalue weighted by atomic mass is 19.1. The molecule has 2 unspecified atom stereocenters. The highest BCUT2D eigenvalue weighted by Gasteiger charge is 2.38. The van der Waals surface area contributed by atoms with Crippen LogP contribution in [-0.2, 0) is 24.3 Å². The topological polar surface area (TPSA) is 212 Å². The summed E-state index contributed by atoms with van der Waals surface area (Å²) in [7, 11) is 0. The highest BCUT2D eigenvalue weighted by molar-refractivity contribution is 6.04.